The van der Waals surface area contributed by atoms with Crippen molar-refractivity contribution in [1.29, 1.82) is 0 Å². The summed E-state index contributed by atoms with van der Waals surface area (Å²) in [6.45, 7) is 5.03. The van der Waals surface area contributed by atoms with Crippen LogP contribution in [0.25, 0.3) is 0 Å². The molecule has 0 radical (unpaired) electrons. The first-order valence-electron chi connectivity index (χ1n) is 6.37. The quantitative estimate of drug-likeness (QED) is 0.785. The van der Waals surface area contributed by atoms with Crippen LogP contribution in [0.1, 0.15) is 25.5 Å². The summed E-state index contributed by atoms with van der Waals surface area (Å²) in [4.78, 5) is 11.2. The summed E-state index contributed by atoms with van der Waals surface area (Å²) in [6, 6.07) is 5.96. The van der Waals surface area contributed by atoms with Crippen LogP contribution in [0.3, 0.4) is 0 Å². The van der Waals surface area contributed by atoms with Gasteiger partial charge in [-0.1, -0.05) is 13.0 Å². The molecule has 1 rings (SSSR count). The van der Waals surface area contributed by atoms with Gasteiger partial charge in [-0.3, -0.25) is 4.79 Å². The number of carbonyl (C=O) groups is 1. The van der Waals surface area contributed by atoms with E-state index in [1.165, 1.54) is 0 Å². The van der Waals surface area contributed by atoms with Crippen LogP contribution in [0.5, 0.6) is 11.5 Å². The zero-order chi connectivity index (χ0) is 14.3. The van der Waals surface area contributed by atoms with E-state index in [1.807, 2.05) is 18.2 Å². The van der Waals surface area contributed by atoms with E-state index in [9.17, 15) is 4.79 Å². The van der Waals surface area contributed by atoms with E-state index in [4.69, 9.17) is 9.47 Å². The molecule has 1 amide bonds. The van der Waals surface area contributed by atoms with Gasteiger partial charge < -0.3 is 20.1 Å². The van der Waals surface area contributed by atoms with E-state index in [-0.39, 0.29) is 18.6 Å². The van der Waals surface area contributed by atoms with E-state index in [0.29, 0.717) is 11.5 Å². The summed E-state index contributed by atoms with van der Waals surface area (Å²) in [5.74, 6) is 1.02. The van der Waals surface area contributed by atoms with Gasteiger partial charge in [-0.15, -0.1) is 0 Å². The fourth-order valence-electron chi connectivity index (χ4n) is 1.71. The second kappa shape index (κ2) is 7.63. The van der Waals surface area contributed by atoms with E-state index in [1.54, 1.807) is 14.2 Å². The van der Waals surface area contributed by atoms with Crippen LogP contribution in [0.4, 0.5) is 0 Å². The summed E-state index contributed by atoms with van der Waals surface area (Å²) in [5, 5.41) is 5.84. The van der Waals surface area contributed by atoms with Crippen molar-refractivity contribution in [3.05, 3.63) is 23.8 Å². The number of carbonyl (C=O) groups excluding carboxylic acids is 1. The van der Waals surface area contributed by atoms with Crippen LogP contribution < -0.4 is 20.1 Å². The number of likely N-dealkylation sites (N-methyl/N-ethyl adjacent to an activating group) is 1. The molecule has 0 aromatic heterocycles. The molecule has 0 aliphatic rings. The number of nitrogens with one attached hydrogen (secondary N) is 2. The second-order valence-electron chi connectivity index (χ2n) is 4.15. The number of amides is 1. The minimum absolute atomic E-state index is 0.0189. The molecule has 2 N–H and O–H groups in total. The first-order valence-corrected chi connectivity index (χ1v) is 6.37. The SMILES string of the molecule is CCNC(C)c1ccc(OCC(=O)NC)c(OC)c1. The topological polar surface area (TPSA) is 59.6 Å². The molecule has 0 aliphatic heterocycles. The largest absolute Gasteiger partial charge is 0.493 e. The summed E-state index contributed by atoms with van der Waals surface area (Å²) >= 11 is 0. The van der Waals surface area contributed by atoms with E-state index >= 15 is 0 Å². The maximum Gasteiger partial charge on any atom is 0.257 e. The normalized spacial score (nSPS) is 11.8. The predicted molar refractivity (Wildman–Crippen MR) is 74.6 cm³/mol. The van der Waals surface area contributed by atoms with Crippen LogP contribution >= 0.6 is 0 Å². The molecule has 0 heterocycles. The van der Waals surface area contributed by atoms with Crippen LogP contribution in [0.15, 0.2) is 18.2 Å². The highest BCUT2D eigenvalue weighted by Crippen LogP contribution is 2.30. The molecule has 1 aromatic rings. The Bertz CT molecular complexity index is 421. The zero-order valence-corrected chi connectivity index (χ0v) is 11.9. The Morgan fingerprint density at radius 1 is 1.37 bits per heavy atom. The lowest BCUT2D eigenvalue weighted by atomic mass is 10.1. The molecule has 19 heavy (non-hydrogen) atoms. The molecule has 0 bridgehead atoms. The second-order valence-corrected chi connectivity index (χ2v) is 4.15. The Hall–Kier alpha value is -1.75. The van der Waals surface area contributed by atoms with Gasteiger partial charge in [0.1, 0.15) is 0 Å². The molecule has 1 atom stereocenters. The van der Waals surface area contributed by atoms with Gasteiger partial charge in [-0.25, -0.2) is 0 Å². The fraction of sp³-hybridized carbons (Fsp3) is 0.500. The van der Waals surface area contributed by atoms with Gasteiger partial charge >= 0.3 is 0 Å². The molecule has 1 unspecified atom stereocenters. The van der Waals surface area contributed by atoms with Gasteiger partial charge in [0.2, 0.25) is 0 Å². The Morgan fingerprint density at radius 3 is 2.68 bits per heavy atom. The average molecular weight is 266 g/mol. The molecule has 0 spiro atoms. The predicted octanol–water partition coefficient (Wildman–Crippen LogP) is 1.49. The van der Waals surface area contributed by atoms with Crippen molar-refractivity contribution in [2.24, 2.45) is 0 Å². The Balaban J connectivity index is 2.81. The van der Waals surface area contributed by atoms with Crippen LogP contribution in [0.2, 0.25) is 0 Å². The van der Waals surface area contributed by atoms with Crippen LogP contribution in [0, 0.1) is 0 Å². The monoisotopic (exact) mass is 266 g/mol. The zero-order valence-electron chi connectivity index (χ0n) is 11.9. The third kappa shape index (κ3) is 4.44. The van der Waals surface area contributed by atoms with Crippen molar-refractivity contribution in [2.75, 3.05) is 27.3 Å². The molecule has 0 saturated heterocycles. The Kier molecular flexibility index (Phi) is 6.15. The van der Waals surface area contributed by atoms with E-state index in [2.05, 4.69) is 24.5 Å². The average Bonchev–Trinajstić information content (AvgIpc) is 2.44. The van der Waals surface area contributed by atoms with Crippen LogP contribution in [-0.2, 0) is 4.79 Å². The van der Waals surface area contributed by atoms with Gasteiger partial charge in [0.25, 0.3) is 5.91 Å². The summed E-state index contributed by atoms with van der Waals surface area (Å²) < 4.78 is 10.7. The number of hydrogen-bond donors (Lipinski definition) is 2. The molecule has 5 heteroatoms. The van der Waals surface area contributed by atoms with E-state index in [0.717, 1.165) is 12.1 Å². The molecule has 1 aromatic carbocycles. The first-order chi connectivity index (χ1) is 9.12. The van der Waals surface area contributed by atoms with Crippen molar-refractivity contribution in [3.63, 3.8) is 0 Å². The molecular formula is C14H22N2O3. The molecule has 106 valence electrons. The van der Waals surface area contributed by atoms with Gasteiger partial charge in [-0.2, -0.15) is 0 Å². The molecule has 0 fully saturated rings. The summed E-state index contributed by atoms with van der Waals surface area (Å²) in [5.41, 5.74) is 1.12. The smallest absolute Gasteiger partial charge is 0.257 e. The van der Waals surface area contributed by atoms with Gasteiger partial charge in [0.05, 0.1) is 7.11 Å². The first kappa shape index (κ1) is 15.3. The fourth-order valence-corrected chi connectivity index (χ4v) is 1.71. The highest BCUT2D eigenvalue weighted by molar-refractivity contribution is 5.77. The minimum atomic E-state index is -0.174. The lowest BCUT2D eigenvalue weighted by Gasteiger charge is -2.16. The molecule has 0 aliphatic carbocycles. The lowest BCUT2D eigenvalue weighted by molar-refractivity contribution is -0.122. The third-order valence-corrected chi connectivity index (χ3v) is 2.84. The van der Waals surface area contributed by atoms with Crippen molar-refractivity contribution in [3.8, 4) is 11.5 Å². The highest BCUT2D eigenvalue weighted by atomic mass is 16.5. The van der Waals surface area contributed by atoms with Gasteiger partial charge in [-0.05, 0) is 31.2 Å². The van der Waals surface area contributed by atoms with Crippen molar-refractivity contribution < 1.29 is 14.3 Å². The Morgan fingerprint density at radius 2 is 2.11 bits per heavy atom. The molecular weight excluding hydrogens is 244 g/mol. The third-order valence-electron chi connectivity index (χ3n) is 2.84. The van der Waals surface area contributed by atoms with Gasteiger partial charge in [0.15, 0.2) is 18.1 Å². The number of benzene rings is 1. The molecule has 5 nitrogen and oxygen atoms in total. The van der Waals surface area contributed by atoms with Crippen molar-refractivity contribution in [1.82, 2.24) is 10.6 Å². The number of hydrogen-bond acceptors (Lipinski definition) is 4. The van der Waals surface area contributed by atoms with E-state index < -0.39 is 0 Å². The van der Waals surface area contributed by atoms with Crippen LogP contribution in [-0.4, -0.2) is 33.2 Å². The van der Waals surface area contributed by atoms with Gasteiger partial charge in [0, 0.05) is 13.1 Å². The maximum atomic E-state index is 11.2. The van der Waals surface area contributed by atoms with Crippen molar-refractivity contribution >= 4 is 5.91 Å². The number of rotatable bonds is 7. The van der Waals surface area contributed by atoms with Crippen molar-refractivity contribution in [2.45, 2.75) is 19.9 Å². The number of methoxy groups -OCH3 is 1. The standard InChI is InChI=1S/C14H22N2O3/c1-5-16-10(2)11-6-7-12(13(8-11)18-4)19-9-14(17)15-3/h6-8,10,16H,5,9H2,1-4H3,(H,15,17). The highest BCUT2D eigenvalue weighted by Gasteiger charge is 2.10. The summed E-state index contributed by atoms with van der Waals surface area (Å²) in [6.07, 6.45) is 0. The Labute approximate surface area is 114 Å². The minimum Gasteiger partial charge on any atom is -0.493 e. The maximum absolute atomic E-state index is 11.2. The summed E-state index contributed by atoms with van der Waals surface area (Å²) in [7, 11) is 3.16. The molecule has 0 saturated carbocycles. The lowest BCUT2D eigenvalue weighted by Crippen LogP contribution is -2.25. The number of ether oxygens (including phenoxy) is 2.